The summed E-state index contributed by atoms with van der Waals surface area (Å²) < 4.78 is 0.995. The number of hydrogen-bond acceptors (Lipinski definition) is 1. The summed E-state index contributed by atoms with van der Waals surface area (Å²) in [6.07, 6.45) is -0.410. The van der Waals surface area contributed by atoms with E-state index in [-0.39, 0.29) is 0 Å². The number of alkyl halides is 1. The molecule has 1 aromatic carbocycles. The lowest BCUT2D eigenvalue weighted by Gasteiger charge is -2.06. The van der Waals surface area contributed by atoms with Crippen LogP contribution in [0.3, 0.4) is 0 Å². The van der Waals surface area contributed by atoms with E-state index < -0.39 is 6.10 Å². The largest absolute Gasteiger partial charge is 0.388 e. The number of rotatable bonds is 2. The van der Waals surface area contributed by atoms with Crippen molar-refractivity contribution in [2.45, 2.75) is 6.10 Å². The Balaban J connectivity index is 2.86. The molecule has 0 aromatic heterocycles. The molecule has 1 unspecified atom stereocenters. The maximum atomic E-state index is 9.39. The van der Waals surface area contributed by atoms with E-state index in [9.17, 15) is 5.11 Å². The lowest BCUT2D eigenvalue weighted by Crippen LogP contribution is -1.97. The molecule has 3 heteroatoms. The molecule has 0 saturated carbocycles. The highest BCUT2D eigenvalue weighted by atomic mass is 79.9. The Hall–Kier alpha value is 0.140. The monoisotopic (exact) mass is 278 g/mol. The molecule has 1 N–H and O–H groups in total. The number of aliphatic hydroxyl groups is 1. The maximum Gasteiger partial charge on any atom is 0.0887 e. The Bertz CT molecular complexity index is 237. The van der Waals surface area contributed by atoms with Crippen molar-refractivity contribution >= 4 is 31.9 Å². The van der Waals surface area contributed by atoms with Gasteiger partial charge in [0.2, 0.25) is 0 Å². The van der Waals surface area contributed by atoms with Crippen LogP contribution < -0.4 is 0 Å². The lowest BCUT2D eigenvalue weighted by atomic mass is 10.1. The SMILES string of the molecule is OC(CBr)c1cccc(Br)c1. The summed E-state index contributed by atoms with van der Waals surface area (Å²) in [5.41, 5.74) is 0.927. The van der Waals surface area contributed by atoms with Gasteiger partial charge in [-0.2, -0.15) is 0 Å². The van der Waals surface area contributed by atoms with Crippen molar-refractivity contribution in [3.63, 3.8) is 0 Å². The fraction of sp³-hybridized carbons (Fsp3) is 0.250. The van der Waals surface area contributed by atoms with Crippen molar-refractivity contribution in [1.29, 1.82) is 0 Å². The molecular formula is C8H8Br2O. The third-order valence-corrected chi connectivity index (χ3v) is 2.49. The number of aliphatic hydroxyl groups excluding tert-OH is 1. The number of hydrogen-bond donors (Lipinski definition) is 1. The fourth-order valence-electron chi connectivity index (χ4n) is 0.803. The summed E-state index contributed by atoms with van der Waals surface area (Å²) in [7, 11) is 0. The number of halogens is 2. The molecule has 0 aliphatic rings. The smallest absolute Gasteiger partial charge is 0.0887 e. The minimum Gasteiger partial charge on any atom is -0.388 e. The van der Waals surface area contributed by atoms with Gasteiger partial charge in [-0.1, -0.05) is 44.0 Å². The quantitative estimate of drug-likeness (QED) is 0.826. The van der Waals surface area contributed by atoms with Crippen molar-refractivity contribution in [2.75, 3.05) is 5.33 Å². The van der Waals surface area contributed by atoms with Crippen molar-refractivity contribution < 1.29 is 5.11 Å². The first kappa shape index (κ1) is 9.23. The summed E-state index contributed by atoms with van der Waals surface area (Å²) in [5.74, 6) is 0. The third-order valence-electron chi connectivity index (χ3n) is 1.38. The average Bonchev–Trinajstić information content (AvgIpc) is 2.03. The zero-order valence-corrected chi connectivity index (χ0v) is 8.97. The van der Waals surface area contributed by atoms with E-state index in [0.29, 0.717) is 5.33 Å². The summed E-state index contributed by atoms with van der Waals surface area (Å²) in [5, 5.41) is 9.96. The van der Waals surface area contributed by atoms with Gasteiger partial charge < -0.3 is 5.11 Å². The molecule has 1 atom stereocenters. The minimum atomic E-state index is -0.410. The molecule has 0 radical (unpaired) electrons. The van der Waals surface area contributed by atoms with Crippen LogP contribution in [0.1, 0.15) is 11.7 Å². The highest BCUT2D eigenvalue weighted by molar-refractivity contribution is 9.10. The zero-order valence-electron chi connectivity index (χ0n) is 5.80. The Morgan fingerprint density at radius 1 is 1.45 bits per heavy atom. The molecule has 60 valence electrons. The predicted octanol–water partition coefficient (Wildman–Crippen LogP) is 2.88. The van der Waals surface area contributed by atoms with Crippen molar-refractivity contribution in [3.05, 3.63) is 34.3 Å². The first-order valence-corrected chi connectivity index (χ1v) is 5.15. The van der Waals surface area contributed by atoms with Crippen molar-refractivity contribution in [3.8, 4) is 0 Å². The van der Waals surface area contributed by atoms with Gasteiger partial charge in [-0.05, 0) is 17.7 Å². The topological polar surface area (TPSA) is 20.2 Å². The van der Waals surface area contributed by atoms with E-state index >= 15 is 0 Å². The van der Waals surface area contributed by atoms with Gasteiger partial charge in [-0.15, -0.1) is 0 Å². The van der Waals surface area contributed by atoms with Gasteiger partial charge in [-0.3, -0.25) is 0 Å². The van der Waals surface area contributed by atoms with E-state index in [1.807, 2.05) is 24.3 Å². The highest BCUT2D eigenvalue weighted by Gasteiger charge is 2.04. The molecule has 1 nitrogen and oxygen atoms in total. The van der Waals surface area contributed by atoms with Crippen molar-refractivity contribution in [2.24, 2.45) is 0 Å². The zero-order chi connectivity index (χ0) is 8.27. The van der Waals surface area contributed by atoms with Gasteiger partial charge in [0.05, 0.1) is 6.10 Å². The lowest BCUT2D eigenvalue weighted by molar-refractivity contribution is 0.205. The van der Waals surface area contributed by atoms with E-state index in [2.05, 4.69) is 31.9 Å². The molecule has 0 aliphatic heterocycles. The fourth-order valence-corrected chi connectivity index (χ4v) is 1.59. The van der Waals surface area contributed by atoms with Crippen molar-refractivity contribution in [1.82, 2.24) is 0 Å². The van der Waals surface area contributed by atoms with Gasteiger partial charge in [0.1, 0.15) is 0 Å². The molecule has 0 saturated heterocycles. The van der Waals surface area contributed by atoms with Gasteiger partial charge in [-0.25, -0.2) is 0 Å². The Labute approximate surface area is 82.7 Å². The third kappa shape index (κ3) is 2.58. The molecule has 1 aromatic rings. The van der Waals surface area contributed by atoms with E-state index in [0.717, 1.165) is 10.0 Å². The van der Waals surface area contributed by atoms with E-state index in [4.69, 9.17) is 0 Å². The van der Waals surface area contributed by atoms with Crippen LogP contribution in [0, 0.1) is 0 Å². The molecular weight excluding hydrogens is 272 g/mol. The van der Waals surface area contributed by atoms with Crippen LogP contribution in [0.25, 0.3) is 0 Å². The summed E-state index contributed by atoms with van der Waals surface area (Å²) in [6.45, 7) is 0. The Morgan fingerprint density at radius 3 is 2.73 bits per heavy atom. The van der Waals surface area contributed by atoms with Crippen LogP contribution in [0.5, 0.6) is 0 Å². The minimum absolute atomic E-state index is 0.410. The van der Waals surface area contributed by atoms with E-state index in [1.165, 1.54) is 0 Å². The Kier molecular flexibility index (Phi) is 3.55. The van der Waals surface area contributed by atoms with Gasteiger partial charge in [0.15, 0.2) is 0 Å². The number of benzene rings is 1. The molecule has 0 spiro atoms. The second-order valence-corrected chi connectivity index (χ2v) is 3.79. The average molecular weight is 280 g/mol. The summed E-state index contributed by atoms with van der Waals surface area (Å²) in [6, 6.07) is 7.65. The molecule has 1 rings (SSSR count). The molecule has 0 aliphatic carbocycles. The first-order valence-electron chi connectivity index (χ1n) is 3.23. The molecule has 11 heavy (non-hydrogen) atoms. The van der Waals surface area contributed by atoms with Crippen LogP contribution in [0.2, 0.25) is 0 Å². The normalized spacial score (nSPS) is 13.0. The molecule has 0 fully saturated rings. The van der Waals surface area contributed by atoms with Gasteiger partial charge >= 0.3 is 0 Å². The first-order chi connectivity index (χ1) is 5.24. The summed E-state index contributed by atoms with van der Waals surface area (Å²) in [4.78, 5) is 0. The standard InChI is InChI=1S/C8H8Br2O/c9-5-8(11)6-2-1-3-7(10)4-6/h1-4,8,11H,5H2. The predicted molar refractivity (Wildman–Crippen MR) is 52.9 cm³/mol. The molecule has 0 heterocycles. The molecule has 0 amide bonds. The second kappa shape index (κ2) is 4.24. The van der Waals surface area contributed by atoms with Gasteiger partial charge in [0, 0.05) is 9.80 Å². The molecule has 0 bridgehead atoms. The summed E-state index contributed by atoms with van der Waals surface area (Å²) >= 11 is 6.54. The van der Waals surface area contributed by atoms with Crippen LogP contribution in [0.4, 0.5) is 0 Å². The van der Waals surface area contributed by atoms with Crippen LogP contribution in [0.15, 0.2) is 28.7 Å². The van der Waals surface area contributed by atoms with Crippen LogP contribution in [-0.4, -0.2) is 10.4 Å². The van der Waals surface area contributed by atoms with Crippen LogP contribution >= 0.6 is 31.9 Å². The van der Waals surface area contributed by atoms with Crippen LogP contribution in [-0.2, 0) is 0 Å². The maximum absolute atomic E-state index is 9.39. The Morgan fingerprint density at radius 2 is 2.18 bits per heavy atom. The van der Waals surface area contributed by atoms with Gasteiger partial charge in [0.25, 0.3) is 0 Å². The second-order valence-electron chi connectivity index (χ2n) is 2.23. The van der Waals surface area contributed by atoms with E-state index in [1.54, 1.807) is 0 Å². The highest BCUT2D eigenvalue weighted by Crippen LogP contribution is 2.19.